The molecule has 0 atom stereocenters. The van der Waals surface area contributed by atoms with E-state index < -0.39 is 0 Å². The molecule has 0 N–H and O–H groups in total. The van der Waals surface area contributed by atoms with Gasteiger partial charge in [0.1, 0.15) is 0 Å². The average Bonchev–Trinajstić information content (AvgIpc) is 2.14. The van der Waals surface area contributed by atoms with Crippen molar-refractivity contribution in [3.8, 4) is 0 Å². The summed E-state index contributed by atoms with van der Waals surface area (Å²) >= 11 is 0. The van der Waals surface area contributed by atoms with Crippen molar-refractivity contribution < 1.29 is 0 Å². The van der Waals surface area contributed by atoms with Crippen LogP contribution in [0.15, 0.2) is 53.1 Å². The summed E-state index contributed by atoms with van der Waals surface area (Å²) < 4.78 is 0. The van der Waals surface area contributed by atoms with E-state index in [1.807, 2.05) is 25.2 Å². The van der Waals surface area contributed by atoms with Gasteiger partial charge in [-0.25, -0.2) is 0 Å². The van der Waals surface area contributed by atoms with Crippen LogP contribution >= 0.6 is 0 Å². The summed E-state index contributed by atoms with van der Waals surface area (Å²) in [6.45, 7) is 7.72. The zero-order valence-corrected chi connectivity index (χ0v) is 8.62. The van der Waals surface area contributed by atoms with Gasteiger partial charge >= 0.3 is 0 Å². The molecule has 0 aromatic carbocycles. The van der Waals surface area contributed by atoms with E-state index in [-0.39, 0.29) is 0 Å². The Morgan fingerprint density at radius 1 is 1.31 bits per heavy atom. The van der Waals surface area contributed by atoms with Crippen molar-refractivity contribution in [1.29, 1.82) is 0 Å². The van der Waals surface area contributed by atoms with E-state index in [0.29, 0.717) is 0 Å². The summed E-state index contributed by atoms with van der Waals surface area (Å²) in [5, 5.41) is 0. The predicted octanol–water partition coefficient (Wildman–Crippen LogP) is 3.32. The van der Waals surface area contributed by atoms with Crippen molar-refractivity contribution in [2.24, 2.45) is 4.99 Å². The molecular weight excluding hydrogens is 158 g/mol. The fourth-order valence-electron chi connectivity index (χ4n) is 0.908. The number of rotatable bonds is 4. The van der Waals surface area contributed by atoms with Gasteiger partial charge in [-0.2, -0.15) is 0 Å². The van der Waals surface area contributed by atoms with Crippen LogP contribution in [0, 0.1) is 0 Å². The molecule has 0 amide bonds. The Balaban J connectivity index is 4.74. The summed E-state index contributed by atoms with van der Waals surface area (Å²) in [5.41, 5.74) is 2.35. The van der Waals surface area contributed by atoms with Crippen LogP contribution in [0.3, 0.4) is 0 Å². The highest BCUT2D eigenvalue weighted by molar-refractivity contribution is 5.73. The van der Waals surface area contributed by atoms with Crippen molar-refractivity contribution in [3.63, 3.8) is 0 Å². The molecule has 0 radical (unpaired) electrons. The van der Waals surface area contributed by atoms with Gasteiger partial charge in [-0.05, 0) is 31.1 Å². The maximum atomic E-state index is 3.90. The first-order valence-corrected chi connectivity index (χ1v) is 4.31. The molecule has 0 aliphatic rings. The molecule has 0 aliphatic carbocycles. The molecule has 0 bridgehead atoms. The lowest BCUT2D eigenvalue weighted by molar-refractivity contribution is 1.42. The van der Waals surface area contributed by atoms with E-state index in [1.165, 1.54) is 5.57 Å². The number of nitrogens with zero attached hydrogens (tertiary/aromatic N) is 1. The van der Waals surface area contributed by atoms with E-state index >= 15 is 0 Å². The summed E-state index contributed by atoms with van der Waals surface area (Å²) in [7, 11) is 1.76. The monoisotopic (exact) mass is 175 g/mol. The van der Waals surface area contributed by atoms with Gasteiger partial charge in [0.25, 0.3) is 0 Å². The van der Waals surface area contributed by atoms with Crippen LogP contribution in [0.4, 0.5) is 0 Å². The van der Waals surface area contributed by atoms with E-state index in [0.717, 1.165) is 5.57 Å². The summed E-state index contributed by atoms with van der Waals surface area (Å²) in [4.78, 5) is 3.90. The molecule has 0 spiro atoms. The van der Waals surface area contributed by atoms with Gasteiger partial charge in [-0.3, -0.25) is 4.99 Å². The lowest BCUT2D eigenvalue weighted by atomic mass is 10.1. The van der Waals surface area contributed by atoms with Gasteiger partial charge in [0.05, 0.1) is 0 Å². The van der Waals surface area contributed by atoms with Crippen molar-refractivity contribution in [3.05, 3.63) is 48.1 Å². The van der Waals surface area contributed by atoms with E-state index in [4.69, 9.17) is 0 Å². The van der Waals surface area contributed by atoms with Gasteiger partial charge in [0, 0.05) is 13.3 Å². The zero-order valence-electron chi connectivity index (χ0n) is 8.62. The van der Waals surface area contributed by atoms with Crippen LogP contribution in [0.5, 0.6) is 0 Å². The molecule has 1 heteroatoms. The Hall–Kier alpha value is -1.37. The molecule has 0 rings (SSSR count). The summed E-state index contributed by atoms with van der Waals surface area (Å²) in [6.07, 6.45) is 11.6. The van der Waals surface area contributed by atoms with Crippen LogP contribution < -0.4 is 0 Å². The Morgan fingerprint density at radius 3 is 2.46 bits per heavy atom. The van der Waals surface area contributed by atoms with Crippen LogP contribution in [-0.2, 0) is 0 Å². The number of hydrogen-bond donors (Lipinski definition) is 0. The molecular formula is C12H17N. The molecule has 13 heavy (non-hydrogen) atoms. The van der Waals surface area contributed by atoms with Crippen LogP contribution in [0.25, 0.3) is 0 Å². The fourth-order valence-corrected chi connectivity index (χ4v) is 0.908. The molecule has 0 saturated heterocycles. The number of allylic oxidation sites excluding steroid dienone is 7. The van der Waals surface area contributed by atoms with Gasteiger partial charge in [0.2, 0.25) is 0 Å². The normalized spacial score (nSPS) is 14.4. The SMILES string of the molecule is C=C/C=C(\C=C/C)C(/C)=C\C=NC. The maximum absolute atomic E-state index is 3.90. The largest absolute Gasteiger partial charge is 0.297 e. The minimum atomic E-state index is 1.16. The van der Waals surface area contributed by atoms with Crippen LogP contribution in [-0.4, -0.2) is 13.3 Å². The molecule has 70 valence electrons. The van der Waals surface area contributed by atoms with Crippen LogP contribution in [0.2, 0.25) is 0 Å². The van der Waals surface area contributed by atoms with E-state index in [1.54, 1.807) is 19.3 Å². The first kappa shape index (κ1) is 11.6. The summed E-state index contributed by atoms with van der Waals surface area (Å²) in [5.74, 6) is 0. The van der Waals surface area contributed by atoms with Crippen molar-refractivity contribution in [2.75, 3.05) is 7.05 Å². The maximum Gasteiger partial charge on any atom is 0.0277 e. The standard InChI is InChI=1S/C12H17N/c1-5-7-12(8-6-2)11(3)9-10-13-4/h5-10H,1H2,2-4H3/b8-6-,11-9-,12-7+,13-10?. The zero-order chi connectivity index (χ0) is 10.1. The number of aliphatic imine (C=N–C) groups is 1. The average molecular weight is 175 g/mol. The van der Waals surface area contributed by atoms with E-state index in [9.17, 15) is 0 Å². The lowest BCUT2D eigenvalue weighted by Gasteiger charge is -1.99. The van der Waals surface area contributed by atoms with Crippen molar-refractivity contribution >= 4 is 6.21 Å². The second-order valence-electron chi connectivity index (χ2n) is 2.61. The molecule has 0 unspecified atom stereocenters. The third-order valence-electron chi connectivity index (χ3n) is 1.57. The van der Waals surface area contributed by atoms with Gasteiger partial charge in [-0.1, -0.05) is 30.9 Å². The minimum Gasteiger partial charge on any atom is -0.297 e. The van der Waals surface area contributed by atoms with E-state index in [2.05, 4.69) is 24.6 Å². The van der Waals surface area contributed by atoms with Crippen molar-refractivity contribution in [1.82, 2.24) is 0 Å². The first-order valence-electron chi connectivity index (χ1n) is 4.31. The van der Waals surface area contributed by atoms with Gasteiger partial charge < -0.3 is 0 Å². The highest BCUT2D eigenvalue weighted by atomic mass is 14.6. The number of hydrogen-bond acceptors (Lipinski definition) is 1. The van der Waals surface area contributed by atoms with Gasteiger partial charge in [0.15, 0.2) is 0 Å². The molecule has 1 nitrogen and oxygen atoms in total. The lowest BCUT2D eigenvalue weighted by Crippen LogP contribution is -1.81. The Bertz CT molecular complexity index is 265. The quantitative estimate of drug-likeness (QED) is 0.459. The highest BCUT2D eigenvalue weighted by Crippen LogP contribution is 2.10. The highest BCUT2D eigenvalue weighted by Gasteiger charge is 1.91. The van der Waals surface area contributed by atoms with Gasteiger partial charge in [-0.15, -0.1) is 0 Å². The molecule has 0 saturated carbocycles. The second kappa shape index (κ2) is 7.29. The summed E-state index contributed by atoms with van der Waals surface area (Å²) in [6, 6.07) is 0. The van der Waals surface area contributed by atoms with Crippen LogP contribution in [0.1, 0.15) is 13.8 Å². The van der Waals surface area contributed by atoms with Crippen molar-refractivity contribution in [2.45, 2.75) is 13.8 Å². The Labute approximate surface area is 80.9 Å². The predicted molar refractivity (Wildman–Crippen MR) is 61.3 cm³/mol. The molecule has 0 aromatic heterocycles. The third kappa shape index (κ3) is 4.96. The Morgan fingerprint density at radius 2 is 2.00 bits per heavy atom. The smallest absolute Gasteiger partial charge is 0.0277 e. The third-order valence-corrected chi connectivity index (χ3v) is 1.57. The molecule has 0 aliphatic heterocycles. The molecule has 0 fully saturated rings. The fraction of sp³-hybridized carbons (Fsp3) is 0.250. The Kier molecular flexibility index (Phi) is 6.52. The second-order valence-corrected chi connectivity index (χ2v) is 2.61. The minimum absolute atomic E-state index is 1.16. The molecule has 0 aromatic rings. The topological polar surface area (TPSA) is 12.4 Å². The molecule has 0 heterocycles. The first-order chi connectivity index (χ1) is 6.26.